The summed E-state index contributed by atoms with van der Waals surface area (Å²) in [4.78, 5) is 12.5. The van der Waals surface area contributed by atoms with Gasteiger partial charge in [-0.15, -0.1) is 10.2 Å². The average molecular weight is 216 g/mol. The van der Waals surface area contributed by atoms with E-state index in [1.165, 1.54) is 11.7 Å². The molecule has 1 unspecified atom stereocenters. The van der Waals surface area contributed by atoms with Crippen LogP contribution < -0.4 is 0 Å². The largest absolute Gasteiger partial charge is 0.298 e. The van der Waals surface area contributed by atoms with E-state index >= 15 is 0 Å². The number of aromatic nitrogens is 4. The molecular formula is C11H12N4O. The van der Waals surface area contributed by atoms with Crippen LogP contribution in [-0.2, 0) is 4.79 Å². The van der Waals surface area contributed by atoms with Gasteiger partial charge < -0.3 is 0 Å². The van der Waals surface area contributed by atoms with Gasteiger partial charge in [0.15, 0.2) is 5.78 Å². The molecule has 0 saturated carbocycles. The van der Waals surface area contributed by atoms with Crippen LogP contribution in [0.5, 0.6) is 0 Å². The number of hydrogen-bond acceptors (Lipinski definition) is 4. The van der Waals surface area contributed by atoms with Crippen molar-refractivity contribution in [3.05, 3.63) is 30.3 Å². The molecule has 0 aliphatic rings. The summed E-state index contributed by atoms with van der Waals surface area (Å²) in [6, 6.07) is 9.17. The second-order valence-corrected chi connectivity index (χ2v) is 3.59. The van der Waals surface area contributed by atoms with Gasteiger partial charge >= 0.3 is 0 Å². The molecule has 1 heterocycles. The number of carbonyl (C=O) groups excluding carboxylic acids is 1. The van der Waals surface area contributed by atoms with Crippen LogP contribution in [0.3, 0.4) is 0 Å². The summed E-state index contributed by atoms with van der Waals surface area (Å²) < 4.78 is 0. The van der Waals surface area contributed by atoms with Crippen LogP contribution in [-0.4, -0.2) is 26.0 Å². The Hall–Kier alpha value is -2.04. The summed E-state index contributed by atoms with van der Waals surface area (Å²) in [5.74, 6) is 0.547. The average Bonchev–Trinajstić information content (AvgIpc) is 2.78. The van der Waals surface area contributed by atoms with Crippen LogP contribution >= 0.6 is 0 Å². The number of carbonyl (C=O) groups is 1. The molecule has 0 aliphatic heterocycles. The normalized spacial score (nSPS) is 12.4. The van der Waals surface area contributed by atoms with Crippen molar-refractivity contribution < 1.29 is 4.79 Å². The van der Waals surface area contributed by atoms with Crippen molar-refractivity contribution in [2.75, 3.05) is 0 Å². The minimum atomic E-state index is -0.370. The molecule has 0 amide bonds. The lowest BCUT2D eigenvalue weighted by Crippen LogP contribution is -2.16. The Labute approximate surface area is 93.1 Å². The van der Waals surface area contributed by atoms with Crippen molar-refractivity contribution in [1.82, 2.24) is 20.2 Å². The Balaban J connectivity index is 2.30. The third-order valence-corrected chi connectivity index (χ3v) is 2.39. The maximum atomic E-state index is 11.2. The van der Waals surface area contributed by atoms with E-state index in [-0.39, 0.29) is 11.8 Å². The standard InChI is InChI=1S/C11H12N4O/c1-8(9(2)16)15-13-11(12-14-15)10-6-4-3-5-7-10/h3-8H,1-2H3. The highest BCUT2D eigenvalue weighted by atomic mass is 16.1. The van der Waals surface area contributed by atoms with Gasteiger partial charge in [0.05, 0.1) is 0 Å². The maximum Gasteiger partial charge on any atom is 0.204 e. The number of Topliss-reactive ketones (excluding diaryl/α,β-unsaturated/α-hetero) is 1. The highest BCUT2D eigenvalue weighted by Crippen LogP contribution is 2.13. The Bertz CT molecular complexity index is 492. The van der Waals surface area contributed by atoms with Gasteiger partial charge in [0.2, 0.25) is 5.82 Å². The van der Waals surface area contributed by atoms with E-state index in [0.29, 0.717) is 5.82 Å². The van der Waals surface area contributed by atoms with Gasteiger partial charge in [-0.25, -0.2) is 0 Å². The zero-order chi connectivity index (χ0) is 11.5. The lowest BCUT2D eigenvalue weighted by molar-refractivity contribution is -0.120. The van der Waals surface area contributed by atoms with E-state index < -0.39 is 0 Å². The van der Waals surface area contributed by atoms with E-state index in [1.54, 1.807) is 6.92 Å². The zero-order valence-electron chi connectivity index (χ0n) is 9.16. The van der Waals surface area contributed by atoms with Crippen molar-refractivity contribution in [2.45, 2.75) is 19.9 Å². The second-order valence-electron chi connectivity index (χ2n) is 3.59. The molecule has 2 rings (SSSR count). The van der Waals surface area contributed by atoms with Gasteiger partial charge in [0.25, 0.3) is 0 Å². The molecule has 5 heteroatoms. The molecule has 1 atom stereocenters. The smallest absolute Gasteiger partial charge is 0.204 e. The second kappa shape index (κ2) is 4.22. The Morgan fingerprint density at radius 1 is 1.31 bits per heavy atom. The number of nitrogens with zero attached hydrogens (tertiary/aromatic N) is 4. The van der Waals surface area contributed by atoms with Gasteiger partial charge in [0.1, 0.15) is 6.04 Å². The fraction of sp³-hybridized carbons (Fsp3) is 0.273. The van der Waals surface area contributed by atoms with E-state index in [9.17, 15) is 4.79 Å². The van der Waals surface area contributed by atoms with Gasteiger partial charge in [0, 0.05) is 5.56 Å². The van der Waals surface area contributed by atoms with Gasteiger partial charge in [-0.1, -0.05) is 30.3 Å². The van der Waals surface area contributed by atoms with E-state index in [1.807, 2.05) is 30.3 Å². The monoisotopic (exact) mass is 216 g/mol. The predicted octanol–water partition coefficient (Wildman–Crippen LogP) is 1.49. The summed E-state index contributed by atoms with van der Waals surface area (Å²) >= 11 is 0. The minimum Gasteiger partial charge on any atom is -0.298 e. The van der Waals surface area contributed by atoms with Crippen molar-refractivity contribution in [2.24, 2.45) is 0 Å². The molecule has 0 spiro atoms. The first-order valence-electron chi connectivity index (χ1n) is 5.04. The van der Waals surface area contributed by atoms with Crippen LogP contribution in [0.4, 0.5) is 0 Å². The van der Waals surface area contributed by atoms with Crippen molar-refractivity contribution >= 4 is 5.78 Å². The highest BCUT2D eigenvalue weighted by Gasteiger charge is 2.14. The first-order valence-corrected chi connectivity index (χ1v) is 5.04. The van der Waals surface area contributed by atoms with E-state index in [2.05, 4.69) is 15.4 Å². The van der Waals surface area contributed by atoms with E-state index in [0.717, 1.165) is 5.56 Å². The number of tetrazole rings is 1. The molecule has 1 aromatic heterocycles. The fourth-order valence-corrected chi connectivity index (χ4v) is 1.25. The molecular weight excluding hydrogens is 204 g/mol. The van der Waals surface area contributed by atoms with Gasteiger partial charge in [-0.3, -0.25) is 4.79 Å². The van der Waals surface area contributed by atoms with Crippen molar-refractivity contribution in [3.63, 3.8) is 0 Å². The number of benzene rings is 1. The minimum absolute atomic E-state index is 0.0111. The number of hydrogen-bond donors (Lipinski definition) is 0. The molecule has 0 bridgehead atoms. The lowest BCUT2D eigenvalue weighted by atomic mass is 10.2. The van der Waals surface area contributed by atoms with Gasteiger partial charge in [-0.2, -0.15) is 4.80 Å². The van der Waals surface area contributed by atoms with Crippen LogP contribution in [0.1, 0.15) is 19.9 Å². The number of rotatable bonds is 3. The molecule has 1 aromatic carbocycles. The molecule has 2 aromatic rings. The highest BCUT2D eigenvalue weighted by molar-refractivity contribution is 5.79. The summed E-state index contributed by atoms with van der Waals surface area (Å²) in [5, 5.41) is 12.0. The third kappa shape index (κ3) is 1.98. The lowest BCUT2D eigenvalue weighted by Gasteiger charge is -2.03. The SMILES string of the molecule is CC(=O)C(C)n1nnc(-c2ccccc2)n1. The summed E-state index contributed by atoms with van der Waals surface area (Å²) in [6.45, 7) is 3.26. The molecule has 82 valence electrons. The Morgan fingerprint density at radius 2 is 2.00 bits per heavy atom. The molecule has 0 fully saturated rings. The Morgan fingerprint density at radius 3 is 2.62 bits per heavy atom. The zero-order valence-corrected chi connectivity index (χ0v) is 9.16. The summed E-state index contributed by atoms with van der Waals surface area (Å²) in [6.07, 6.45) is 0. The summed E-state index contributed by atoms with van der Waals surface area (Å²) in [5.41, 5.74) is 0.893. The molecule has 0 radical (unpaired) electrons. The Kier molecular flexibility index (Phi) is 2.76. The first kappa shape index (κ1) is 10.5. The topological polar surface area (TPSA) is 60.7 Å². The molecule has 16 heavy (non-hydrogen) atoms. The summed E-state index contributed by atoms with van der Waals surface area (Å²) in [7, 11) is 0. The van der Waals surface area contributed by atoms with Crippen LogP contribution in [0.25, 0.3) is 11.4 Å². The quantitative estimate of drug-likeness (QED) is 0.779. The van der Waals surface area contributed by atoms with Gasteiger partial charge in [-0.05, 0) is 19.1 Å². The third-order valence-electron chi connectivity index (χ3n) is 2.39. The van der Waals surface area contributed by atoms with Crippen LogP contribution in [0.15, 0.2) is 30.3 Å². The molecule has 5 nitrogen and oxygen atoms in total. The van der Waals surface area contributed by atoms with Crippen LogP contribution in [0.2, 0.25) is 0 Å². The van der Waals surface area contributed by atoms with Crippen LogP contribution in [0, 0.1) is 0 Å². The predicted molar refractivity (Wildman–Crippen MR) is 58.6 cm³/mol. The van der Waals surface area contributed by atoms with Crippen molar-refractivity contribution in [1.29, 1.82) is 0 Å². The van der Waals surface area contributed by atoms with E-state index in [4.69, 9.17) is 0 Å². The molecule has 0 aliphatic carbocycles. The maximum absolute atomic E-state index is 11.2. The fourth-order valence-electron chi connectivity index (χ4n) is 1.25. The van der Waals surface area contributed by atoms with Crippen molar-refractivity contribution in [3.8, 4) is 11.4 Å². The number of ketones is 1. The molecule has 0 N–H and O–H groups in total. The first-order chi connectivity index (χ1) is 7.68. The molecule has 0 saturated heterocycles.